The molecule has 0 spiro atoms. The maximum Gasteiger partial charge on any atom is 0.177 e. The van der Waals surface area contributed by atoms with Crippen molar-refractivity contribution in [1.29, 1.82) is 0 Å². The Hall–Kier alpha value is -0.700. The lowest BCUT2D eigenvalue weighted by Crippen LogP contribution is -2.37. The number of rotatable bonds is 3. The first-order valence-electron chi connectivity index (χ1n) is 5.49. The summed E-state index contributed by atoms with van der Waals surface area (Å²) in [6.45, 7) is 9.04. The highest BCUT2D eigenvalue weighted by Gasteiger charge is 2.55. The first-order chi connectivity index (χ1) is 6.72. The van der Waals surface area contributed by atoms with Gasteiger partial charge in [0.05, 0.1) is 5.60 Å². The van der Waals surface area contributed by atoms with E-state index in [1.54, 1.807) is 13.8 Å². The average molecular weight is 212 g/mol. The molecule has 0 amide bonds. The molecule has 0 bridgehead atoms. The van der Waals surface area contributed by atoms with Crippen LogP contribution in [0, 0.1) is 5.92 Å². The van der Waals surface area contributed by atoms with Crippen molar-refractivity contribution in [2.45, 2.75) is 58.7 Å². The van der Waals surface area contributed by atoms with Gasteiger partial charge in [-0.05, 0) is 34.1 Å². The van der Waals surface area contributed by atoms with Crippen LogP contribution in [0.25, 0.3) is 0 Å². The SMILES string of the molecule is CCCC(=O)C1C(=O)C(C)(C)OC1(C)C. The molecule has 1 aliphatic rings. The third-order valence-corrected chi connectivity index (χ3v) is 2.89. The Kier molecular flexibility index (Phi) is 3.06. The van der Waals surface area contributed by atoms with Crippen LogP contribution in [0.2, 0.25) is 0 Å². The molecule has 0 aromatic carbocycles. The second kappa shape index (κ2) is 3.71. The van der Waals surface area contributed by atoms with E-state index in [1.807, 2.05) is 20.8 Å². The van der Waals surface area contributed by atoms with E-state index in [0.717, 1.165) is 6.42 Å². The van der Waals surface area contributed by atoms with Crippen molar-refractivity contribution in [3.8, 4) is 0 Å². The first-order valence-corrected chi connectivity index (χ1v) is 5.49. The molecule has 1 rings (SSSR count). The van der Waals surface area contributed by atoms with Gasteiger partial charge in [-0.2, -0.15) is 0 Å². The fraction of sp³-hybridized carbons (Fsp3) is 0.833. The third-order valence-electron chi connectivity index (χ3n) is 2.89. The summed E-state index contributed by atoms with van der Waals surface area (Å²) < 4.78 is 5.66. The van der Waals surface area contributed by atoms with Gasteiger partial charge in [0.1, 0.15) is 17.3 Å². The minimum absolute atomic E-state index is 0.0121. The number of hydrogen-bond acceptors (Lipinski definition) is 3. The van der Waals surface area contributed by atoms with E-state index in [-0.39, 0.29) is 11.6 Å². The standard InChI is InChI=1S/C12H20O3/c1-6-7-8(13)9-10(14)12(4,5)15-11(9,2)3/h9H,6-7H2,1-5H3. The van der Waals surface area contributed by atoms with Crippen LogP contribution >= 0.6 is 0 Å². The zero-order chi connectivity index (χ0) is 11.9. The van der Waals surface area contributed by atoms with Crippen LogP contribution in [0.4, 0.5) is 0 Å². The lowest BCUT2D eigenvalue weighted by Gasteiger charge is -2.24. The summed E-state index contributed by atoms with van der Waals surface area (Å²) in [7, 11) is 0. The number of hydrogen-bond donors (Lipinski definition) is 0. The van der Waals surface area contributed by atoms with E-state index in [9.17, 15) is 9.59 Å². The second-order valence-electron chi connectivity index (χ2n) is 5.23. The van der Waals surface area contributed by atoms with Crippen molar-refractivity contribution in [1.82, 2.24) is 0 Å². The van der Waals surface area contributed by atoms with Gasteiger partial charge in [-0.1, -0.05) is 6.92 Å². The molecule has 0 aromatic heterocycles. The zero-order valence-corrected chi connectivity index (χ0v) is 10.2. The van der Waals surface area contributed by atoms with E-state index >= 15 is 0 Å². The lowest BCUT2D eigenvalue weighted by molar-refractivity contribution is -0.134. The summed E-state index contributed by atoms with van der Waals surface area (Å²) in [6.07, 6.45) is 1.23. The molecular weight excluding hydrogens is 192 g/mol. The number of ether oxygens (including phenoxy) is 1. The molecule has 1 saturated heterocycles. The summed E-state index contributed by atoms with van der Waals surface area (Å²) in [5.41, 5.74) is -1.48. The van der Waals surface area contributed by atoms with Gasteiger partial charge in [-0.15, -0.1) is 0 Å². The third kappa shape index (κ3) is 2.12. The maximum absolute atomic E-state index is 12.0. The minimum atomic E-state index is -0.822. The van der Waals surface area contributed by atoms with Crippen molar-refractivity contribution < 1.29 is 14.3 Å². The zero-order valence-electron chi connectivity index (χ0n) is 10.2. The van der Waals surface area contributed by atoms with Crippen LogP contribution in [-0.4, -0.2) is 22.8 Å². The normalized spacial score (nSPS) is 28.1. The van der Waals surface area contributed by atoms with E-state index in [4.69, 9.17) is 4.74 Å². The second-order valence-corrected chi connectivity index (χ2v) is 5.23. The van der Waals surface area contributed by atoms with Crippen LogP contribution in [-0.2, 0) is 14.3 Å². The molecule has 0 N–H and O–H groups in total. The summed E-state index contributed by atoms with van der Waals surface area (Å²) in [6, 6.07) is 0. The van der Waals surface area contributed by atoms with Crippen LogP contribution in [0.5, 0.6) is 0 Å². The van der Waals surface area contributed by atoms with Gasteiger partial charge < -0.3 is 4.74 Å². The molecular formula is C12H20O3. The van der Waals surface area contributed by atoms with Crippen molar-refractivity contribution in [2.24, 2.45) is 5.92 Å². The van der Waals surface area contributed by atoms with Gasteiger partial charge in [0.25, 0.3) is 0 Å². The molecule has 1 heterocycles. The van der Waals surface area contributed by atoms with E-state index in [2.05, 4.69) is 0 Å². The van der Waals surface area contributed by atoms with Crippen LogP contribution in [0.15, 0.2) is 0 Å². The molecule has 0 aromatic rings. The topological polar surface area (TPSA) is 43.4 Å². The summed E-state index contributed by atoms with van der Waals surface area (Å²) in [4.78, 5) is 23.9. The molecule has 86 valence electrons. The molecule has 0 radical (unpaired) electrons. The summed E-state index contributed by atoms with van der Waals surface area (Å²) in [5.74, 6) is -0.656. The molecule has 1 aliphatic heterocycles. The Morgan fingerprint density at radius 1 is 1.33 bits per heavy atom. The molecule has 15 heavy (non-hydrogen) atoms. The molecule has 1 unspecified atom stereocenters. The Bertz CT molecular complexity index is 289. The number of ketones is 2. The quantitative estimate of drug-likeness (QED) is 0.673. The highest BCUT2D eigenvalue weighted by Crippen LogP contribution is 2.40. The summed E-state index contributed by atoms with van der Waals surface area (Å²) in [5, 5.41) is 0. The van der Waals surface area contributed by atoms with Gasteiger partial charge in [0.2, 0.25) is 0 Å². The Morgan fingerprint density at radius 2 is 1.87 bits per heavy atom. The maximum atomic E-state index is 12.0. The molecule has 0 aliphatic carbocycles. The van der Waals surface area contributed by atoms with E-state index in [0.29, 0.717) is 6.42 Å². The Balaban J connectivity index is 2.97. The summed E-state index contributed by atoms with van der Waals surface area (Å²) >= 11 is 0. The van der Waals surface area contributed by atoms with Gasteiger partial charge in [0, 0.05) is 6.42 Å². The Morgan fingerprint density at radius 3 is 2.20 bits per heavy atom. The van der Waals surface area contributed by atoms with Gasteiger partial charge >= 0.3 is 0 Å². The molecule has 3 heteroatoms. The van der Waals surface area contributed by atoms with Crippen LogP contribution in [0.1, 0.15) is 47.5 Å². The van der Waals surface area contributed by atoms with Crippen molar-refractivity contribution in [2.75, 3.05) is 0 Å². The number of carbonyl (C=O) groups excluding carboxylic acids is 2. The first kappa shape index (κ1) is 12.4. The van der Waals surface area contributed by atoms with E-state index in [1.165, 1.54) is 0 Å². The fourth-order valence-corrected chi connectivity index (χ4v) is 2.35. The van der Waals surface area contributed by atoms with Crippen molar-refractivity contribution >= 4 is 11.6 Å². The van der Waals surface area contributed by atoms with Gasteiger partial charge in [0.15, 0.2) is 5.78 Å². The molecule has 0 saturated carbocycles. The highest BCUT2D eigenvalue weighted by atomic mass is 16.5. The number of carbonyl (C=O) groups is 2. The highest BCUT2D eigenvalue weighted by molar-refractivity contribution is 6.08. The largest absolute Gasteiger partial charge is 0.361 e. The monoisotopic (exact) mass is 212 g/mol. The van der Waals surface area contributed by atoms with Crippen LogP contribution < -0.4 is 0 Å². The number of Topliss-reactive ketones (excluding diaryl/α,β-unsaturated/α-hetero) is 2. The van der Waals surface area contributed by atoms with Crippen LogP contribution in [0.3, 0.4) is 0 Å². The van der Waals surface area contributed by atoms with E-state index < -0.39 is 17.1 Å². The predicted molar refractivity (Wildman–Crippen MR) is 57.7 cm³/mol. The molecule has 3 nitrogen and oxygen atoms in total. The minimum Gasteiger partial charge on any atom is -0.361 e. The molecule has 1 atom stereocenters. The predicted octanol–water partition coefficient (Wildman–Crippen LogP) is 2.13. The van der Waals surface area contributed by atoms with Crippen molar-refractivity contribution in [3.63, 3.8) is 0 Å². The van der Waals surface area contributed by atoms with Crippen molar-refractivity contribution in [3.05, 3.63) is 0 Å². The fourth-order valence-electron chi connectivity index (χ4n) is 2.35. The van der Waals surface area contributed by atoms with Gasteiger partial charge in [-0.25, -0.2) is 0 Å². The lowest BCUT2D eigenvalue weighted by atomic mass is 9.81. The molecule has 1 fully saturated rings. The van der Waals surface area contributed by atoms with Gasteiger partial charge in [-0.3, -0.25) is 9.59 Å². The Labute approximate surface area is 91.2 Å². The smallest absolute Gasteiger partial charge is 0.177 e. The average Bonchev–Trinajstić information content (AvgIpc) is 2.16.